The Balaban J connectivity index is 1.77. The van der Waals surface area contributed by atoms with Crippen LogP contribution in [0.2, 0.25) is 0 Å². The molecule has 1 aromatic carbocycles. The molecule has 2 saturated heterocycles. The molecule has 25 heavy (non-hydrogen) atoms. The van der Waals surface area contributed by atoms with Crippen molar-refractivity contribution in [3.8, 4) is 0 Å². The zero-order chi connectivity index (χ0) is 17.3. The smallest absolute Gasteiger partial charge is 0.224 e. The Morgan fingerprint density at radius 1 is 1.40 bits per heavy atom. The molecule has 1 amide bonds. The highest BCUT2D eigenvalue weighted by atomic mass is 16.3. The fraction of sp³-hybridized carbons (Fsp3) is 0.571. The highest BCUT2D eigenvalue weighted by Crippen LogP contribution is 2.63. The summed E-state index contributed by atoms with van der Waals surface area (Å²) in [5.74, 6) is 0.621. The summed E-state index contributed by atoms with van der Waals surface area (Å²) in [7, 11) is 0. The molecule has 1 saturated carbocycles. The van der Waals surface area contributed by atoms with E-state index in [-0.39, 0.29) is 29.9 Å². The fourth-order valence-corrected chi connectivity index (χ4v) is 6.69. The van der Waals surface area contributed by atoms with Gasteiger partial charge in [-0.05, 0) is 43.9 Å². The number of allylic oxidation sites excluding steroid dienone is 1. The number of carbonyl (C=O) groups excluding carboxylic acids is 1. The Kier molecular flexibility index (Phi) is 3.23. The molecule has 132 valence electrons. The molecule has 1 aromatic rings. The van der Waals surface area contributed by atoms with E-state index in [1.165, 1.54) is 11.1 Å². The SMILES string of the molecule is C/C=C1\CN2CCC34c5ccccc5N(C(C)=O)C3C(CO)C1CC24. The first-order valence-electron chi connectivity index (χ1n) is 9.52. The third-order valence-corrected chi connectivity index (χ3v) is 7.50. The molecule has 5 atom stereocenters. The van der Waals surface area contributed by atoms with Crippen LogP contribution in [0.1, 0.15) is 32.3 Å². The van der Waals surface area contributed by atoms with E-state index < -0.39 is 0 Å². The van der Waals surface area contributed by atoms with Gasteiger partial charge in [0.05, 0.1) is 6.04 Å². The summed E-state index contributed by atoms with van der Waals surface area (Å²) in [4.78, 5) is 17.3. The van der Waals surface area contributed by atoms with E-state index in [1.54, 1.807) is 6.92 Å². The number of aliphatic hydroxyl groups is 1. The van der Waals surface area contributed by atoms with Gasteiger partial charge < -0.3 is 10.0 Å². The minimum Gasteiger partial charge on any atom is -0.396 e. The van der Waals surface area contributed by atoms with Crippen LogP contribution in [0, 0.1) is 11.8 Å². The highest BCUT2D eigenvalue weighted by molar-refractivity contribution is 5.96. The second kappa shape index (κ2) is 5.18. The van der Waals surface area contributed by atoms with E-state index in [1.807, 2.05) is 11.0 Å². The van der Waals surface area contributed by atoms with Crippen molar-refractivity contribution in [2.75, 3.05) is 24.6 Å². The molecule has 0 aromatic heterocycles. The van der Waals surface area contributed by atoms with Gasteiger partial charge in [0.25, 0.3) is 0 Å². The van der Waals surface area contributed by atoms with E-state index in [9.17, 15) is 9.90 Å². The summed E-state index contributed by atoms with van der Waals surface area (Å²) in [6.07, 6.45) is 4.44. The van der Waals surface area contributed by atoms with Crippen LogP contribution >= 0.6 is 0 Å². The van der Waals surface area contributed by atoms with Gasteiger partial charge in [0, 0.05) is 43.1 Å². The van der Waals surface area contributed by atoms with E-state index in [0.717, 1.165) is 31.6 Å². The number of aliphatic hydroxyl groups excluding tert-OH is 1. The lowest BCUT2D eigenvalue weighted by molar-refractivity contribution is -0.118. The van der Waals surface area contributed by atoms with Gasteiger partial charge in [-0.3, -0.25) is 9.69 Å². The number of para-hydroxylation sites is 1. The molecule has 1 spiro atoms. The van der Waals surface area contributed by atoms with Crippen LogP contribution in [0.4, 0.5) is 5.69 Å². The Labute approximate surface area is 149 Å². The molecule has 4 heteroatoms. The third kappa shape index (κ3) is 1.72. The average molecular weight is 338 g/mol. The van der Waals surface area contributed by atoms with Crippen molar-refractivity contribution in [3.05, 3.63) is 41.5 Å². The number of nitrogens with zero attached hydrogens (tertiary/aromatic N) is 2. The van der Waals surface area contributed by atoms with Crippen LogP contribution in [-0.4, -0.2) is 47.7 Å². The van der Waals surface area contributed by atoms with Crippen molar-refractivity contribution < 1.29 is 9.90 Å². The summed E-state index contributed by atoms with van der Waals surface area (Å²) >= 11 is 0. The summed E-state index contributed by atoms with van der Waals surface area (Å²) in [6.45, 7) is 6.06. The summed E-state index contributed by atoms with van der Waals surface area (Å²) in [5.41, 5.74) is 3.86. The molecule has 3 heterocycles. The number of carbonyl (C=O) groups is 1. The Morgan fingerprint density at radius 3 is 2.92 bits per heavy atom. The molecule has 5 unspecified atom stereocenters. The molecule has 1 aliphatic carbocycles. The third-order valence-electron chi connectivity index (χ3n) is 7.50. The molecular weight excluding hydrogens is 312 g/mol. The number of fused-ring (bicyclic) bond motifs is 2. The van der Waals surface area contributed by atoms with Crippen LogP contribution in [0.15, 0.2) is 35.9 Å². The van der Waals surface area contributed by atoms with Gasteiger partial charge in [-0.1, -0.05) is 29.8 Å². The normalized spacial score (nSPS) is 40.3. The van der Waals surface area contributed by atoms with E-state index in [2.05, 4.69) is 36.1 Å². The Hall–Kier alpha value is -1.65. The number of anilines is 1. The van der Waals surface area contributed by atoms with Gasteiger partial charge in [0.15, 0.2) is 0 Å². The van der Waals surface area contributed by atoms with Crippen molar-refractivity contribution in [1.82, 2.24) is 4.90 Å². The van der Waals surface area contributed by atoms with Crippen molar-refractivity contribution in [2.45, 2.75) is 44.2 Å². The van der Waals surface area contributed by atoms with Crippen molar-refractivity contribution in [3.63, 3.8) is 0 Å². The first-order chi connectivity index (χ1) is 12.1. The molecule has 4 nitrogen and oxygen atoms in total. The van der Waals surface area contributed by atoms with Gasteiger partial charge in [0.2, 0.25) is 5.91 Å². The number of benzene rings is 1. The Bertz CT molecular complexity index is 773. The van der Waals surface area contributed by atoms with Crippen LogP contribution in [0.5, 0.6) is 0 Å². The maximum atomic E-state index is 12.7. The lowest BCUT2D eigenvalue weighted by Crippen LogP contribution is -2.65. The molecule has 4 aliphatic rings. The first-order valence-corrected chi connectivity index (χ1v) is 9.52. The van der Waals surface area contributed by atoms with E-state index >= 15 is 0 Å². The highest BCUT2D eigenvalue weighted by Gasteiger charge is 2.67. The minimum absolute atomic E-state index is 0.00850. The van der Waals surface area contributed by atoms with E-state index in [4.69, 9.17) is 0 Å². The maximum absolute atomic E-state index is 12.7. The zero-order valence-corrected chi connectivity index (χ0v) is 15.0. The van der Waals surface area contributed by atoms with Crippen molar-refractivity contribution in [2.24, 2.45) is 11.8 Å². The van der Waals surface area contributed by atoms with Crippen LogP contribution in [0.25, 0.3) is 0 Å². The van der Waals surface area contributed by atoms with Crippen molar-refractivity contribution >= 4 is 11.6 Å². The predicted molar refractivity (Wildman–Crippen MR) is 97.5 cm³/mol. The minimum atomic E-state index is -0.00850. The van der Waals surface area contributed by atoms with Crippen LogP contribution in [0.3, 0.4) is 0 Å². The van der Waals surface area contributed by atoms with Gasteiger partial charge in [-0.15, -0.1) is 0 Å². The quantitative estimate of drug-likeness (QED) is 0.799. The van der Waals surface area contributed by atoms with E-state index in [0.29, 0.717) is 12.0 Å². The number of rotatable bonds is 1. The second-order valence-electron chi connectivity index (χ2n) is 8.18. The number of amides is 1. The molecule has 2 bridgehead atoms. The average Bonchev–Trinajstić information content (AvgIpc) is 3.15. The number of hydrogen-bond acceptors (Lipinski definition) is 3. The molecular formula is C21H26N2O2. The number of hydrogen-bond donors (Lipinski definition) is 1. The predicted octanol–water partition coefficient (Wildman–Crippen LogP) is 2.32. The van der Waals surface area contributed by atoms with Crippen LogP contribution in [-0.2, 0) is 10.2 Å². The van der Waals surface area contributed by atoms with Gasteiger partial charge in [-0.2, -0.15) is 0 Å². The molecule has 1 N–H and O–H groups in total. The first kappa shape index (κ1) is 15.6. The summed E-state index contributed by atoms with van der Waals surface area (Å²) < 4.78 is 0. The topological polar surface area (TPSA) is 43.8 Å². The molecule has 3 fully saturated rings. The number of piperidine rings is 1. The largest absolute Gasteiger partial charge is 0.396 e. The summed E-state index contributed by atoms with van der Waals surface area (Å²) in [6, 6.07) is 9.04. The fourth-order valence-electron chi connectivity index (χ4n) is 6.69. The van der Waals surface area contributed by atoms with Crippen molar-refractivity contribution in [1.29, 1.82) is 0 Å². The molecule has 5 rings (SSSR count). The lowest BCUT2D eigenvalue weighted by atomic mass is 9.55. The maximum Gasteiger partial charge on any atom is 0.224 e. The standard InChI is InChI=1S/C21H26N2O2/c1-3-14-11-22-9-8-21-17-6-4-5-7-18(17)23(13(2)25)20(21)16(12-24)15(14)10-19(21)22/h3-7,15-16,19-20,24H,8-12H2,1-2H3/b14-3+. The van der Waals surface area contributed by atoms with Gasteiger partial charge >= 0.3 is 0 Å². The zero-order valence-electron chi connectivity index (χ0n) is 15.0. The molecule has 3 aliphatic heterocycles. The monoisotopic (exact) mass is 338 g/mol. The van der Waals surface area contributed by atoms with Gasteiger partial charge in [-0.25, -0.2) is 0 Å². The van der Waals surface area contributed by atoms with Gasteiger partial charge in [0.1, 0.15) is 0 Å². The van der Waals surface area contributed by atoms with Crippen LogP contribution < -0.4 is 4.90 Å². The summed E-state index contributed by atoms with van der Waals surface area (Å²) in [5, 5.41) is 10.4. The lowest BCUT2D eigenvalue weighted by Gasteiger charge is -2.56. The Morgan fingerprint density at radius 2 is 2.20 bits per heavy atom. The molecule has 0 radical (unpaired) electrons. The second-order valence-corrected chi connectivity index (χ2v) is 8.18.